The van der Waals surface area contributed by atoms with Crippen LogP contribution in [-0.2, 0) is 6.42 Å². The number of unbranched alkanes of at least 4 members (excludes halogenated alkanes) is 2. The quantitative estimate of drug-likeness (QED) is 0.459. The number of carbonyl (C=O) groups is 3. The summed E-state index contributed by atoms with van der Waals surface area (Å²) in [4.78, 5) is 35.6. The molecule has 0 radical (unpaired) electrons. The van der Waals surface area contributed by atoms with Crippen molar-refractivity contribution in [2.24, 2.45) is 0 Å². The average molecular weight is 356 g/mol. The Kier molecular flexibility index (Phi) is 5.29. The molecule has 0 aliphatic carbocycles. The molecule has 5 heteroatoms. The summed E-state index contributed by atoms with van der Waals surface area (Å²) in [5, 5.41) is 2.95. The molecule has 0 aromatic heterocycles. The highest BCUT2D eigenvalue weighted by molar-refractivity contribution is 6.30. The van der Waals surface area contributed by atoms with Gasteiger partial charge in [0.15, 0.2) is 5.78 Å². The van der Waals surface area contributed by atoms with Gasteiger partial charge in [0, 0.05) is 17.0 Å². The lowest BCUT2D eigenvalue weighted by Crippen LogP contribution is -2.20. The van der Waals surface area contributed by atoms with Crippen LogP contribution in [0.15, 0.2) is 42.5 Å². The molecule has 0 fully saturated rings. The molecular formula is C20H18ClNO3. The van der Waals surface area contributed by atoms with E-state index in [9.17, 15) is 14.4 Å². The monoisotopic (exact) mass is 355 g/mol. The van der Waals surface area contributed by atoms with Gasteiger partial charge >= 0.3 is 0 Å². The highest BCUT2D eigenvalue weighted by Crippen LogP contribution is 2.22. The van der Waals surface area contributed by atoms with Gasteiger partial charge < -0.3 is 0 Å². The van der Waals surface area contributed by atoms with Gasteiger partial charge in [-0.25, -0.2) is 0 Å². The molecule has 1 aliphatic heterocycles. The number of hydrogen-bond donors (Lipinski definition) is 1. The minimum Gasteiger partial charge on any atom is -0.294 e. The third-order valence-corrected chi connectivity index (χ3v) is 4.62. The lowest BCUT2D eigenvalue weighted by Gasteiger charge is -2.06. The van der Waals surface area contributed by atoms with Gasteiger partial charge in [-0.3, -0.25) is 19.7 Å². The number of amides is 2. The van der Waals surface area contributed by atoms with E-state index in [1.165, 1.54) is 0 Å². The van der Waals surface area contributed by atoms with Crippen molar-refractivity contribution in [1.29, 1.82) is 0 Å². The molecule has 3 rings (SSSR count). The zero-order valence-electron chi connectivity index (χ0n) is 13.7. The number of halogens is 1. The standard InChI is InChI=1S/C20H18ClNO3/c21-15-11-9-13(10-12-15)17(23)8-3-1-2-5-14-6-4-7-16-18(14)20(25)22-19(16)24/h4,6-7,9-12H,1-3,5,8H2,(H,22,24,25). The third-order valence-electron chi connectivity index (χ3n) is 4.37. The maximum atomic E-state index is 12.1. The number of rotatable bonds is 7. The van der Waals surface area contributed by atoms with E-state index < -0.39 is 0 Å². The smallest absolute Gasteiger partial charge is 0.259 e. The fourth-order valence-corrected chi connectivity index (χ4v) is 3.18. The van der Waals surface area contributed by atoms with Crippen LogP contribution in [0.3, 0.4) is 0 Å². The van der Waals surface area contributed by atoms with Gasteiger partial charge in [-0.15, -0.1) is 0 Å². The summed E-state index contributed by atoms with van der Waals surface area (Å²) < 4.78 is 0. The summed E-state index contributed by atoms with van der Waals surface area (Å²) in [5.74, 6) is -0.522. The summed E-state index contributed by atoms with van der Waals surface area (Å²) in [6.45, 7) is 0. The van der Waals surface area contributed by atoms with Crippen LogP contribution in [-0.4, -0.2) is 17.6 Å². The number of aryl methyl sites for hydroxylation is 1. The first-order valence-corrected chi connectivity index (χ1v) is 8.70. The van der Waals surface area contributed by atoms with Crippen LogP contribution in [0.2, 0.25) is 5.02 Å². The fraction of sp³-hybridized carbons (Fsp3) is 0.250. The second kappa shape index (κ2) is 7.62. The van der Waals surface area contributed by atoms with E-state index in [0.29, 0.717) is 28.1 Å². The number of nitrogens with one attached hydrogen (secondary N) is 1. The van der Waals surface area contributed by atoms with Crippen molar-refractivity contribution in [3.05, 3.63) is 69.7 Å². The van der Waals surface area contributed by atoms with Crippen LogP contribution in [0.4, 0.5) is 0 Å². The zero-order chi connectivity index (χ0) is 17.8. The number of fused-ring (bicyclic) bond motifs is 1. The van der Waals surface area contributed by atoms with Gasteiger partial charge in [-0.05, 0) is 55.2 Å². The van der Waals surface area contributed by atoms with Crippen molar-refractivity contribution in [3.63, 3.8) is 0 Å². The van der Waals surface area contributed by atoms with E-state index in [1.807, 2.05) is 6.07 Å². The Labute approximate surface area is 151 Å². The summed E-state index contributed by atoms with van der Waals surface area (Å²) in [6, 6.07) is 12.3. The normalized spacial score (nSPS) is 12.8. The minimum atomic E-state index is -0.324. The Hall–Kier alpha value is -2.46. The van der Waals surface area contributed by atoms with Crippen LogP contribution in [0.25, 0.3) is 0 Å². The van der Waals surface area contributed by atoms with Gasteiger partial charge in [0.25, 0.3) is 11.8 Å². The van der Waals surface area contributed by atoms with Crippen LogP contribution in [0.5, 0.6) is 0 Å². The minimum absolute atomic E-state index is 0.113. The van der Waals surface area contributed by atoms with Gasteiger partial charge in [-0.2, -0.15) is 0 Å². The van der Waals surface area contributed by atoms with Crippen molar-refractivity contribution in [1.82, 2.24) is 5.32 Å². The molecule has 128 valence electrons. The second-order valence-corrected chi connectivity index (χ2v) is 6.55. The van der Waals surface area contributed by atoms with Crippen molar-refractivity contribution in [2.75, 3.05) is 0 Å². The van der Waals surface area contributed by atoms with Gasteiger partial charge in [0.1, 0.15) is 0 Å². The Morgan fingerprint density at radius 2 is 1.68 bits per heavy atom. The van der Waals surface area contributed by atoms with Crippen LogP contribution in [0.1, 0.15) is 62.3 Å². The maximum absolute atomic E-state index is 12.1. The molecule has 0 atom stereocenters. The summed E-state index contributed by atoms with van der Waals surface area (Å²) >= 11 is 5.82. The van der Waals surface area contributed by atoms with Crippen molar-refractivity contribution in [3.8, 4) is 0 Å². The van der Waals surface area contributed by atoms with Crippen molar-refractivity contribution in [2.45, 2.75) is 32.1 Å². The zero-order valence-corrected chi connectivity index (χ0v) is 14.4. The first kappa shape index (κ1) is 17.4. The molecular weight excluding hydrogens is 338 g/mol. The van der Waals surface area contributed by atoms with Gasteiger partial charge in [-0.1, -0.05) is 30.2 Å². The molecule has 0 saturated heterocycles. The first-order chi connectivity index (χ1) is 12.1. The maximum Gasteiger partial charge on any atom is 0.259 e. The van der Waals surface area contributed by atoms with E-state index in [-0.39, 0.29) is 17.6 Å². The molecule has 0 unspecified atom stereocenters. The Morgan fingerprint density at radius 3 is 2.44 bits per heavy atom. The molecule has 1 heterocycles. The molecule has 0 spiro atoms. The van der Waals surface area contributed by atoms with Crippen LogP contribution < -0.4 is 5.32 Å². The number of ketones is 1. The Balaban J connectivity index is 1.48. The van der Waals surface area contributed by atoms with E-state index in [1.54, 1.807) is 36.4 Å². The number of imide groups is 1. The molecule has 0 bridgehead atoms. The number of hydrogen-bond acceptors (Lipinski definition) is 3. The molecule has 1 N–H and O–H groups in total. The topological polar surface area (TPSA) is 63.2 Å². The van der Waals surface area contributed by atoms with E-state index in [4.69, 9.17) is 11.6 Å². The predicted molar refractivity (Wildman–Crippen MR) is 96.2 cm³/mol. The molecule has 1 aliphatic rings. The first-order valence-electron chi connectivity index (χ1n) is 8.32. The second-order valence-electron chi connectivity index (χ2n) is 6.11. The van der Waals surface area contributed by atoms with E-state index in [0.717, 1.165) is 31.2 Å². The van der Waals surface area contributed by atoms with Crippen LogP contribution in [0, 0.1) is 0 Å². The molecule has 2 amide bonds. The average Bonchev–Trinajstić information content (AvgIpc) is 2.90. The highest BCUT2D eigenvalue weighted by Gasteiger charge is 2.28. The number of Topliss-reactive ketones (excluding diaryl/α,β-unsaturated/α-hetero) is 1. The SMILES string of the molecule is O=C(CCCCCc1cccc2c1C(=O)NC2=O)c1ccc(Cl)cc1. The summed E-state index contributed by atoms with van der Waals surface area (Å²) in [6.07, 6.45) is 3.76. The van der Waals surface area contributed by atoms with Crippen LogP contribution >= 0.6 is 11.6 Å². The van der Waals surface area contributed by atoms with E-state index in [2.05, 4.69) is 5.32 Å². The molecule has 2 aromatic rings. The predicted octanol–water partition coefficient (Wildman–Crippen LogP) is 4.21. The van der Waals surface area contributed by atoms with Crippen molar-refractivity contribution >= 4 is 29.2 Å². The Bertz CT molecular complexity index is 827. The Morgan fingerprint density at radius 1 is 0.920 bits per heavy atom. The largest absolute Gasteiger partial charge is 0.294 e. The molecule has 0 saturated carbocycles. The number of benzene rings is 2. The molecule has 4 nitrogen and oxygen atoms in total. The lowest BCUT2D eigenvalue weighted by molar-refractivity contribution is 0.0878. The number of carbonyl (C=O) groups excluding carboxylic acids is 3. The van der Waals surface area contributed by atoms with Gasteiger partial charge in [0.2, 0.25) is 0 Å². The highest BCUT2D eigenvalue weighted by atomic mass is 35.5. The summed E-state index contributed by atoms with van der Waals surface area (Å²) in [5.41, 5.74) is 2.54. The molecule has 2 aromatic carbocycles. The van der Waals surface area contributed by atoms with E-state index >= 15 is 0 Å². The lowest BCUT2D eigenvalue weighted by atomic mass is 9.97. The molecule has 25 heavy (non-hydrogen) atoms. The van der Waals surface area contributed by atoms with Gasteiger partial charge in [0.05, 0.1) is 11.1 Å². The fourth-order valence-electron chi connectivity index (χ4n) is 3.06. The third kappa shape index (κ3) is 3.97. The summed E-state index contributed by atoms with van der Waals surface area (Å²) in [7, 11) is 0. The van der Waals surface area contributed by atoms with Crippen molar-refractivity contribution < 1.29 is 14.4 Å².